The van der Waals surface area contributed by atoms with Gasteiger partial charge in [0.1, 0.15) is 0 Å². The zero-order chi connectivity index (χ0) is 14.9. The van der Waals surface area contributed by atoms with Crippen LogP contribution in [0.15, 0.2) is 39.6 Å². The number of pyridine rings is 1. The van der Waals surface area contributed by atoms with Crippen LogP contribution >= 0.6 is 0 Å². The molecule has 1 aromatic heterocycles. The van der Waals surface area contributed by atoms with Gasteiger partial charge in [0.2, 0.25) is 11.6 Å². The average Bonchev–Trinajstić information content (AvgIpc) is 2.42. The fourth-order valence-corrected chi connectivity index (χ4v) is 2.73. The van der Waals surface area contributed by atoms with E-state index in [0.29, 0.717) is 0 Å². The lowest BCUT2D eigenvalue weighted by Gasteiger charge is -2.06. The van der Waals surface area contributed by atoms with Crippen LogP contribution in [0.25, 0.3) is 0 Å². The summed E-state index contributed by atoms with van der Waals surface area (Å²) in [5.74, 6) is -7.25. The Morgan fingerprint density at radius 2 is 1.50 bits per heavy atom. The van der Waals surface area contributed by atoms with Crippen molar-refractivity contribution in [1.82, 2.24) is 4.98 Å². The Bertz CT molecular complexity index is 745. The molecule has 0 aliphatic heterocycles. The number of hydrogen-bond acceptors (Lipinski definition) is 3. The molecule has 0 aliphatic rings. The molecule has 106 valence electrons. The Balaban J connectivity index is 2.71. The first-order valence-electron chi connectivity index (χ1n) is 5.30. The van der Waals surface area contributed by atoms with Crippen LogP contribution in [0.2, 0.25) is 0 Å². The fraction of sp³-hybridized carbons (Fsp3) is 0.0833. The molecule has 0 spiro atoms. The third-order valence-electron chi connectivity index (χ3n) is 2.42. The minimum atomic E-state index is -3.26. The summed E-state index contributed by atoms with van der Waals surface area (Å²) < 4.78 is 68.4. The summed E-state index contributed by atoms with van der Waals surface area (Å²) in [6.45, 7) is 0. The van der Waals surface area contributed by atoms with Crippen molar-refractivity contribution < 1.29 is 21.8 Å². The first kappa shape index (κ1) is 14.4. The van der Waals surface area contributed by atoms with Gasteiger partial charge in [-0.2, -0.15) is 26.9 Å². The summed E-state index contributed by atoms with van der Waals surface area (Å²) in [5, 5.41) is 0. The second-order valence-corrected chi connectivity index (χ2v) is 6.14. The number of hydrogen-bond donors (Lipinski definition) is 0. The Morgan fingerprint density at radius 3 is 2.00 bits per heavy atom. The molecule has 0 N–H and O–H groups in total. The quantitative estimate of drug-likeness (QED) is 0.630. The molecule has 0 saturated carbocycles. The fourth-order valence-electron chi connectivity index (χ4n) is 1.46. The van der Waals surface area contributed by atoms with E-state index in [0.717, 1.165) is 6.26 Å². The molecule has 8 heteroatoms. The monoisotopic (exact) mass is 304 g/mol. The van der Waals surface area contributed by atoms with Gasteiger partial charge < -0.3 is 0 Å². The largest absolute Gasteiger partial charge is 0.254 e. The molecule has 0 saturated heterocycles. The van der Waals surface area contributed by atoms with E-state index in [9.17, 15) is 21.8 Å². The third kappa shape index (κ3) is 2.64. The maximum absolute atomic E-state index is 13.4. The van der Waals surface area contributed by atoms with Crippen molar-refractivity contribution in [2.24, 2.45) is 4.36 Å². The van der Waals surface area contributed by atoms with E-state index in [-0.39, 0.29) is 4.90 Å². The number of halogens is 4. The number of aromatic nitrogens is 1. The van der Waals surface area contributed by atoms with Crippen LogP contribution in [-0.2, 0) is 9.73 Å². The van der Waals surface area contributed by atoms with Crippen molar-refractivity contribution >= 4 is 15.4 Å². The minimum Gasteiger partial charge on any atom is -0.245 e. The summed E-state index contributed by atoms with van der Waals surface area (Å²) in [7, 11) is -3.26. The Hall–Kier alpha value is -1.96. The van der Waals surface area contributed by atoms with Gasteiger partial charge in [-0.15, -0.1) is 0 Å². The van der Waals surface area contributed by atoms with Crippen LogP contribution in [0.1, 0.15) is 0 Å². The molecule has 0 fully saturated rings. The lowest BCUT2D eigenvalue weighted by Crippen LogP contribution is -2.02. The molecule has 0 aliphatic carbocycles. The smallest absolute Gasteiger partial charge is 0.245 e. The molecule has 2 rings (SSSR count). The van der Waals surface area contributed by atoms with Crippen molar-refractivity contribution in [3.63, 3.8) is 0 Å². The second-order valence-electron chi connectivity index (χ2n) is 3.88. The van der Waals surface area contributed by atoms with Crippen molar-refractivity contribution in [3.8, 4) is 0 Å². The minimum absolute atomic E-state index is 0.177. The highest BCUT2D eigenvalue weighted by Crippen LogP contribution is 2.28. The summed E-state index contributed by atoms with van der Waals surface area (Å²) in [5.41, 5.74) is -1.27. The number of benzene rings is 1. The van der Waals surface area contributed by atoms with Crippen LogP contribution in [0.4, 0.5) is 23.2 Å². The van der Waals surface area contributed by atoms with E-state index in [2.05, 4.69) is 9.35 Å². The van der Waals surface area contributed by atoms with Crippen molar-refractivity contribution in [3.05, 3.63) is 53.9 Å². The molecule has 1 atom stereocenters. The highest BCUT2D eigenvalue weighted by Gasteiger charge is 2.22. The van der Waals surface area contributed by atoms with Gasteiger partial charge in [-0.25, -0.2) is 4.21 Å². The SMILES string of the molecule is CS(=O)(=Nc1c(F)c(F)nc(F)c1F)c1ccccc1. The Labute approximate surface area is 112 Å². The standard InChI is InChI=1S/C12H8F4N2OS/c1-20(19,7-5-3-2-4-6-7)18-10-8(13)11(15)17-12(16)9(10)14/h2-6H,1H3. The topological polar surface area (TPSA) is 42.3 Å². The van der Waals surface area contributed by atoms with E-state index >= 15 is 0 Å². The van der Waals surface area contributed by atoms with Crippen molar-refractivity contribution in [2.45, 2.75) is 4.90 Å². The summed E-state index contributed by atoms with van der Waals surface area (Å²) in [6.07, 6.45) is 1.11. The highest BCUT2D eigenvalue weighted by atomic mass is 32.2. The van der Waals surface area contributed by atoms with Crippen LogP contribution in [0.3, 0.4) is 0 Å². The molecule has 0 radical (unpaired) electrons. The van der Waals surface area contributed by atoms with E-state index in [1.807, 2.05) is 0 Å². The maximum atomic E-state index is 13.4. The second kappa shape index (κ2) is 5.20. The van der Waals surface area contributed by atoms with Gasteiger partial charge in [-0.1, -0.05) is 18.2 Å². The molecular formula is C12H8F4N2OS. The summed E-state index contributed by atoms with van der Waals surface area (Å²) >= 11 is 0. The normalized spacial score (nSPS) is 13.8. The first-order chi connectivity index (χ1) is 9.33. The molecule has 2 aromatic rings. The van der Waals surface area contributed by atoms with Crippen LogP contribution < -0.4 is 0 Å². The van der Waals surface area contributed by atoms with E-state index in [1.54, 1.807) is 18.2 Å². The van der Waals surface area contributed by atoms with Crippen molar-refractivity contribution in [1.29, 1.82) is 0 Å². The van der Waals surface area contributed by atoms with Gasteiger partial charge in [-0.05, 0) is 12.1 Å². The van der Waals surface area contributed by atoms with Gasteiger partial charge in [0.25, 0.3) is 11.9 Å². The lowest BCUT2D eigenvalue weighted by molar-refractivity contribution is 0.410. The van der Waals surface area contributed by atoms with E-state index in [4.69, 9.17) is 0 Å². The molecule has 1 aromatic carbocycles. The van der Waals surface area contributed by atoms with Gasteiger partial charge >= 0.3 is 0 Å². The molecule has 1 unspecified atom stereocenters. The maximum Gasteiger partial charge on any atom is 0.254 e. The number of rotatable bonds is 2. The van der Waals surface area contributed by atoms with E-state index < -0.39 is 38.9 Å². The van der Waals surface area contributed by atoms with Crippen LogP contribution in [0, 0.1) is 23.5 Å². The molecule has 0 bridgehead atoms. The third-order valence-corrected chi connectivity index (χ3v) is 4.10. The van der Waals surface area contributed by atoms with Crippen LogP contribution in [-0.4, -0.2) is 15.4 Å². The predicted octanol–water partition coefficient (Wildman–Crippen LogP) is 3.43. The molecular weight excluding hydrogens is 296 g/mol. The zero-order valence-corrected chi connectivity index (χ0v) is 10.9. The molecule has 3 nitrogen and oxygen atoms in total. The predicted molar refractivity (Wildman–Crippen MR) is 64.9 cm³/mol. The Kier molecular flexibility index (Phi) is 3.76. The Morgan fingerprint density at radius 1 is 1.00 bits per heavy atom. The van der Waals surface area contributed by atoms with Gasteiger partial charge in [0.15, 0.2) is 5.69 Å². The molecule has 20 heavy (non-hydrogen) atoms. The molecule has 0 amide bonds. The van der Waals surface area contributed by atoms with Crippen LogP contribution in [0.5, 0.6) is 0 Å². The lowest BCUT2D eigenvalue weighted by atomic mass is 10.4. The van der Waals surface area contributed by atoms with E-state index in [1.165, 1.54) is 12.1 Å². The molecule has 1 heterocycles. The van der Waals surface area contributed by atoms with Gasteiger partial charge in [0.05, 0.1) is 9.73 Å². The van der Waals surface area contributed by atoms with Crippen molar-refractivity contribution in [2.75, 3.05) is 6.26 Å². The summed E-state index contributed by atoms with van der Waals surface area (Å²) in [6, 6.07) is 7.60. The average molecular weight is 304 g/mol. The summed E-state index contributed by atoms with van der Waals surface area (Å²) in [4.78, 5) is 2.58. The first-order valence-corrected chi connectivity index (χ1v) is 7.22. The highest BCUT2D eigenvalue weighted by molar-refractivity contribution is 7.93. The number of nitrogens with zero attached hydrogens (tertiary/aromatic N) is 2. The zero-order valence-electron chi connectivity index (χ0n) is 10.1. The van der Waals surface area contributed by atoms with Gasteiger partial charge in [-0.3, -0.25) is 0 Å². The van der Waals surface area contributed by atoms with Gasteiger partial charge in [0, 0.05) is 11.2 Å².